The lowest BCUT2D eigenvalue weighted by molar-refractivity contribution is -0.119. The van der Waals surface area contributed by atoms with Crippen LogP contribution in [0, 0.1) is 5.92 Å². The lowest BCUT2D eigenvalue weighted by atomic mass is 10.2. The van der Waals surface area contributed by atoms with Crippen molar-refractivity contribution in [1.29, 1.82) is 0 Å². The van der Waals surface area contributed by atoms with Crippen molar-refractivity contribution in [3.05, 3.63) is 24.3 Å². The van der Waals surface area contributed by atoms with Crippen LogP contribution in [0.25, 0.3) is 0 Å². The summed E-state index contributed by atoms with van der Waals surface area (Å²) in [4.78, 5) is 13.9. The zero-order chi connectivity index (χ0) is 15.1. The second-order valence-corrected chi connectivity index (χ2v) is 5.70. The Kier molecular flexibility index (Phi) is 5.87. The van der Waals surface area contributed by atoms with Crippen LogP contribution in [0.4, 0.5) is 11.4 Å². The zero-order valence-electron chi connectivity index (χ0n) is 12.9. The fourth-order valence-corrected chi connectivity index (χ4v) is 2.17. The number of nitrogens with one attached hydrogen (secondary N) is 2. The summed E-state index contributed by atoms with van der Waals surface area (Å²) in [5.74, 6) is 0.503. The summed E-state index contributed by atoms with van der Waals surface area (Å²) in [5, 5.41) is 6.03. The molecule has 2 rings (SSSR count). The summed E-state index contributed by atoms with van der Waals surface area (Å²) in [6.45, 7) is 8.64. The third-order valence-corrected chi connectivity index (χ3v) is 3.40. The van der Waals surface area contributed by atoms with E-state index in [4.69, 9.17) is 4.74 Å². The van der Waals surface area contributed by atoms with Crippen molar-refractivity contribution in [2.45, 2.75) is 13.8 Å². The Balaban J connectivity index is 1.78. The van der Waals surface area contributed by atoms with Gasteiger partial charge in [-0.05, 0) is 30.2 Å². The molecule has 1 fully saturated rings. The number of morpholine rings is 1. The van der Waals surface area contributed by atoms with Gasteiger partial charge in [0.25, 0.3) is 0 Å². The van der Waals surface area contributed by atoms with E-state index in [1.54, 1.807) is 0 Å². The van der Waals surface area contributed by atoms with Crippen molar-refractivity contribution < 1.29 is 9.53 Å². The molecule has 1 aliphatic rings. The zero-order valence-corrected chi connectivity index (χ0v) is 12.9. The van der Waals surface area contributed by atoms with Crippen LogP contribution in [0.3, 0.4) is 0 Å². The smallest absolute Gasteiger partial charge is 0.239 e. The predicted octanol–water partition coefficient (Wildman–Crippen LogP) is 1.71. The Morgan fingerprint density at radius 2 is 1.90 bits per heavy atom. The first-order valence-electron chi connectivity index (χ1n) is 7.58. The molecule has 1 heterocycles. The SMILES string of the molecule is CC(C)CNC(=O)CNc1ccc(N2CCOCC2)cc1. The molecular formula is C16H25N3O2. The average molecular weight is 291 g/mol. The Labute approximate surface area is 126 Å². The van der Waals surface area contributed by atoms with E-state index in [1.165, 1.54) is 5.69 Å². The second-order valence-electron chi connectivity index (χ2n) is 5.70. The molecule has 1 aliphatic heterocycles. The molecule has 1 aromatic rings. The van der Waals surface area contributed by atoms with E-state index >= 15 is 0 Å². The number of nitrogens with zero attached hydrogens (tertiary/aromatic N) is 1. The van der Waals surface area contributed by atoms with Crippen molar-refractivity contribution in [3.8, 4) is 0 Å². The molecule has 0 atom stereocenters. The van der Waals surface area contributed by atoms with Gasteiger partial charge in [0.15, 0.2) is 0 Å². The molecule has 1 aromatic carbocycles. The highest BCUT2D eigenvalue weighted by Gasteiger charge is 2.10. The molecule has 0 spiro atoms. The van der Waals surface area contributed by atoms with Gasteiger partial charge in [0, 0.05) is 31.0 Å². The quantitative estimate of drug-likeness (QED) is 0.838. The number of hydrogen-bond acceptors (Lipinski definition) is 4. The third kappa shape index (κ3) is 5.27. The highest BCUT2D eigenvalue weighted by atomic mass is 16.5. The average Bonchev–Trinajstić information content (AvgIpc) is 2.52. The summed E-state index contributed by atoms with van der Waals surface area (Å²) in [7, 11) is 0. The summed E-state index contributed by atoms with van der Waals surface area (Å²) in [6.07, 6.45) is 0. The number of carbonyl (C=O) groups excluding carboxylic acids is 1. The normalized spacial score (nSPS) is 15.1. The van der Waals surface area contributed by atoms with Crippen LogP contribution >= 0.6 is 0 Å². The minimum absolute atomic E-state index is 0.0287. The van der Waals surface area contributed by atoms with Crippen molar-refractivity contribution >= 4 is 17.3 Å². The number of rotatable bonds is 6. The maximum absolute atomic E-state index is 11.6. The standard InChI is InChI=1S/C16H25N3O2/c1-13(2)11-18-16(20)12-17-14-3-5-15(6-4-14)19-7-9-21-10-8-19/h3-6,13,17H,7-12H2,1-2H3,(H,18,20). The highest BCUT2D eigenvalue weighted by molar-refractivity contribution is 5.80. The van der Waals surface area contributed by atoms with Crippen molar-refractivity contribution in [2.75, 3.05) is 49.6 Å². The number of amides is 1. The molecule has 0 aromatic heterocycles. The molecule has 116 valence electrons. The van der Waals surface area contributed by atoms with Gasteiger partial charge < -0.3 is 20.3 Å². The fourth-order valence-electron chi connectivity index (χ4n) is 2.17. The van der Waals surface area contributed by atoms with E-state index in [1.807, 2.05) is 12.1 Å². The molecule has 2 N–H and O–H groups in total. The summed E-state index contributed by atoms with van der Waals surface area (Å²) < 4.78 is 5.35. The summed E-state index contributed by atoms with van der Waals surface area (Å²) in [6, 6.07) is 8.19. The first-order chi connectivity index (χ1) is 10.1. The summed E-state index contributed by atoms with van der Waals surface area (Å²) >= 11 is 0. The topological polar surface area (TPSA) is 53.6 Å². The molecule has 0 aliphatic carbocycles. The molecule has 21 heavy (non-hydrogen) atoms. The third-order valence-electron chi connectivity index (χ3n) is 3.40. The fraction of sp³-hybridized carbons (Fsp3) is 0.562. The molecule has 5 heteroatoms. The maximum Gasteiger partial charge on any atom is 0.239 e. The Morgan fingerprint density at radius 1 is 1.24 bits per heavy atom. The lowest BCUT2D eigenvalue weighted by Gasteiger charge is -2.28. The van der Waals surface area contributed by atoms with Gasteiger partial charge in [-0.25, -0.2) is 0 Å². The number of carbonyl (C=O) groups is 1. The Bertz CT molecular complexity index is 439. The van der Waals surface area contributed by atoms with Crippen LogP contribution in [-0.2, 0) is 9.53 Å². The van der Waals surface area contributed by atoms with E-state index < -0.39 is 0 Å². The largest absolute Gasteiger partial charge is 0.378 e. The van der Waals surface area contributed by atoms with E-state index in [2.05, 4.69) is 41.5 Å². The Hall–Kier alpha value is -1.75. The van der Waals surface area contributed by atoms with Gasteiger partial charge in [-0.1, -0.05) is 13.8 Å². The van der Waals surface area contributed by atoms with Crippen LogP contribution < -0.4 is 15.5 Å². The molecule has 5 nitrogen and oxygen atoms in total. The van der Waals surface area contributed by atoms with Crippen molar-refractivity contribution in [1.82, 2.24) is 5.32 Å². The van der Waals surface area contributed by atoms with Crippen LogP contribution in [0.15, 0.2) is 24.3 Å². The van der Waals surface area contributed by atoms with Crippen LogP contribution in [-0.4, -0.2) is 45.3 Å². The molecule has 0 bridgehead atoms. The summed E-state index contributed by atoms with van der Waals surface area (Å²) in [5.41, 5.74) is 2.17. The second kappa shape index (κ2) is 7.88. The molecule has 1 amide bonds. The van der Waals surface area contributed by atoms with Gasteiger partial charge in [-0.2, -0.15) is 0 Å². The first kappa shape index (κ1) is 15.6. The maximum atomic E-state index is 11.6. The predicted molar refractivity (Wildman–Crippen MR) is 85.8 cm³/mol. The molecule has 0 radical (unpaired) electrons. The highest BCUT2D eigenvalue weighted by Crippen LogP contribution is 2.18. The van der Waals surface area contributed by atoms with E-state index in [0.29, 0.717) is 12.5 Å². The first-order valence-corrected chi connectivity index (χ1v) is 7.58. The van der Waals surface area contributed by atoms with E-state index in [0.717, 1.165) is 38.5 Å². The van der Waals surface area contributed by atoms with Gasteiger partial charge in [-0.3, -0.25) is 4.79 Å². The minimum atomic E-state index is 0.0287. The Morgan fingerprint density at radius 3 is 2.52 bits per heavy atom. The van der Waals surface area contributed by atoms with Crippen molar-refractivity contribution in [2.24, 2.45) is 5.92 Å². The van der Waals surface area contributed by atoms with Crippen LogP contribution in [0.5, 0.6) is 0 Å². The monoisotopic (exact) mass is 291 g/mol. The number of benzene rings is 1. The van der Waals surface area contributed by atoms with Gasteiger partial charge >= 0.3 is 0 Å². The number of hydrogen-bond donors (Lipinski definition) is 2. The van der Waals surface area contributed by atoms with Gasteiger partial charge in [0.1, 0.15) is 0 Å². The molecule has 0 unspecified atom stereocenters. The van der Waals surface area contributed by atoms with Crippen molar-refractivity contribution in [3.63, 3.8) is 0 Å². The van der Waals surface area contributed by atoms with Gasteiger partial charge in [-0.15, -0.1) is 0 Å². The van der Waals surface area contributed by atoms with E-state index in [-0.39, 0.29) is 5.91 Å². The number of ether oxygens (including phenoxy) is 1. The lowest BCUT2D eigenvalue weighted by Crippen LogP contribution is -2.36. The van der Waals surface area contributed by atoms with Crippen LogP contribution in [0.2, 0.25) is 0 Å². The van der Waals surface area contributed by atoms with E-state index in [9.17, 15) is 4.79 Å². The minimum Gasteiger partial charge on any atom is -0.378 e. The molecular weight excluding hydrogens is 266 g/mol. The van der Waals surface area contributed by atoms with Crippen LogP contribution in [0.1, 0.15) is 13.8 Å². The molecule has 0 saturated carbocycles. The number of anilines is 2. The van der Waals surface area contributed by atoms with Gasteiger partial charge in [0.05, 0.1) is 19.8 Å². The molecule has 1 saturated heterocycles. The van der Waals surface area contributed by atoms with Gasteiger partial charge in [0.2, 0.25) is 5.91 Å².